The lowest BCUT2D eigenvalue weighted by molar-refractivity contribution is 0.414. The Morgan fingerprint density at radius 1 is 1.44 bits per heavy atom. The molecule has 0 radical (unpaired) electrons. The van der Waals surface area contributed by atoms with Gasteiger partial charge in [-0.1, -0.05) is 0 Å². The Hall–Kier alpha value is -0.940. The highest BCUT2D eigenvalue weighted by Crippen LogP contribution is 2.32. The number of nitrogens with zero attached hydrogens (tertiary/aromatic N) is 1. The molecule has 0 saturated heterocycles. The Morgan fingerprint density at radius 3 is 2.89 bits per heavy atom. The number of fused-ring (bicyclic) bond motifs is 1. The molecule has 4 nitrogen and oxygen atoms in total. The van der Waals surface area contributed by atoms with Gasteiger partial charge in [0.1, 0.15) is 5.75 Å². The molecule has 1 aliphatic heterocycles. The Kier molecular flexibility index (Phi) is 4.02. The third-order valence-corrected chi connectivity index (χ3v) is 5.22. The quantitative estimate of drug-likeness (QED) is 0.797. The summed E-state index contributed by atoms with van der Waals surface area (Å²) >= 11 is 5.55. The Labute approximate surface area is 113 Å². The van der Waals surface area contributed by atoms with Gasteiger partial charge < -0.3 is 4.74 Å². The summed E-state index contributed by atoms with van der Waals surface area (Å²) in [6, 6.07) is 5.49. The van der Waals surface area contributed by atoms with Gasteiger partial charge in [0.15, 0.2) is 0 Å². The number of halogens is 1. The van der Waals surface area contributed by atoms with Gasteiger partial charge in [0.05, 0.1) is 18.6 Å². The number of hydrogen-bond donors (Lipinski definition) is 0. The van der Waals surface area contributed by atoms with Crippen LogP contribution in [0.15, 0.2) is 18.2 Å². The van der Waals surface area contributed by atoms with Crippen LogP contribution in [-0.4, -0.2) is 33.7 Å². The molecule has 0 amide bonds. The normalized spacial score (nSPS) is 15.3. The number of benzene rings is 1. The molecule has 0 bridgehead atoms. The molecule has 18 heavy (non-hydrogen) atoms. The molecule has 6 heteroatoms. The topological polar surface area (TPSA) is 46.6 Å². The van der Waals surface area contributed by atoms with Crippen molar-refractivity contribution < 1.29 is 13.2 Å². The van der Waals surface area contributed by atoms with Gasteiger partial charge in [-0.3, -0.25) is 4.31 Å². The lowest BCUT2D eigenvalue weighted by Gasteiger charge is -2.30. The molecule has 0 N–H and O–H groups in total. The first-order chi connectivity index (χ1) is 8.58. The monoisotopic (exact) mass is 289 g/mol. The molecule has 0 saturated carbocycles. The van der Waals surface area contributed by atoms with Crippen molar-refractivity contribution in [2.45, 2.75) is 12.8 Å². The van der Waals surface area contributed by atoms with Crippen LogP contribution >= 0.6 is 11.6 Å². The molecular weight excluding hydrogens is 274 g/mol. The van der Waals surface area contributed by atoms with Gasteiger partial charge in [0.25, 0.3) is 0 Å². The SMILES string of the molecule is COc1ccc2c(c1)CCCN2S(=O)(=O)CCCl. The maximum absolute atomic E-state index is 12.1. The number of sulfonamides is 1. The zero-order valence-corrected chi connectivity index (χ0v) is 11.8. The van der Waals surface area contributed by atoms with E-state index in [-0.39, 0.29) is 11.6 Å². The number of anilines is 1. The summed E-state index contributed by atoms with van der Waals surface area (Å²) in [6.07, 6.45) is 1.70. The van der Waals surface area contributed by atoms with Crippen molar-refractivity contribution in [3.8, 4) is 5.75 Å². The van der Waals surface area contributed by atoms with Crippen molar-refractivity contribution in [1.82, 2.24) is 0 Å². The highest BCUT2D eigenvalue weighted by molar-refractivity contribution is 7.92. The van der Waals surface area contributed by atoms with Crippen LogP contribution in [0.5, 0.6) is 5.75 Å². The fourth-order valence-electron chi connectivity index (χ4n) is 2.16. The number of methoxy groups -OCH3 is 1. The number of rotatable bonds is 4. The third-order valence-electron chi connectivity index (χ3n) is 3.03. The van der Waals surface area contributed by atoms with Crippen LogP contribution in [0.3, 0.4) is 0 Å². The predicted octanol–water partition coefficient (Wildman–Crippen LogP) is 2.02. The Bertz CT molecular complexity index is 530. The van der Waals surface area contributed by atoms with E-state index in [1.54, 1.807) is 19.2 Å². The minimum atomic E-state index is -3.31. The second kappa shape index (κ2) is 5.36. The number of ether oxygens (including phenoxy) is 1. The maximum atomic E-state index is 12.1. The zero-order chi connectivity index (χ0) is 13.2. The molecule has 1 aliphatic rings. The maximum Gasteiger partial charge on any atom is 0.236 e. The second-order valence-electron chi connectivity index (χ2n) is 4.18. The Morgan fingerprint density at radius 2 is 2.22 bits per heavy atom. The van der Waals surface area contributed by atoms with Gasteiger partial charge >= 0.3 is 0 Å². The molecule has 1 aromatic carbocycles. The summed E-state index contributed by atoms with van der Waals surface area (Å²) < 4.78 is 30.9. The van der Waals surface area contributed by atoms with E-state index in [1.165, 1.54) is 4.31 Å². The van der Waals surface area contributed by atoms with Crippen molar-refractivity contribution >= 4 is 27.3 Å². The highest BCUT2D eigenvalue weighted by Gasteiger charge is 2.27. The lowest BCUT2D eigenvalue weighted by atomic mass is 10.0. The van der Waals surface area contributed by atoms with Crippen molar-refractivity contribution in [3.05, 3.63) is 23.8 Å². The van der Waals surface area contributed by atoms with Crippen LogP contribution in [0.1, 0.15) is 12.0 Å². The van der Waals surface area contributed by atoms with Gasteiger partial charge in [-0.2, -0.15) is 0 Å². The first-order valence-corrected chi connectivity index (χ1v) is 7.96. The molecule has 0 fully saturated rings. The van der Waals surface area contributed by atoms with Crippen LogP contribution in [0.25, 0.3) is 0 Å². The van der Waals surface area contributed by atoms with E-state index in [2.05, 4.69) is 0 Å². The number of hydrogen-bond acceptors (Lipinski definition) is 3. The van der Waals surface area contributed by atoms with E-state index < -0.39 is 10.0 Å². The van der Waals surface area contributed by atoms with Crippen LogP contribution in [0.2, 0.25) is 0 Å². The van der Waals surface area contributed by atoms with Gasteiger partial charge in [-0.05, 0) is 36.6 Å². The van der Waals surface area contributed by atoms with E-state index >= 15 is 0 Å². The average Bonchev–Trinajstić information content (AvgIpc) is 2.37. The van der Waals surface area contributed by atoms with E-state index in [1.807, 2.05) is 6.07 Å². The summed E-state index contributed by atoms with van der Waals surface area (Å²) in [5.74, 6) is 0.843. The lowest BCUT2D eigenvalue weighted by Crippen LogP contribution is -2.37. The smallest absolute Gasteiger partial charge is 0.236 e. The standard InChI is InChI=1S/C12H16ClNO3S/c1-17-11-4-5-12-10(9-11)3-2-7-14(12)18(15,16)8-6-13/h4-5,9H,2-3,6-8H2,1H3. The van der Waals surface area contributed by atoms with Crippen LogP contribution in [0.4, 0.5) is 5.69 Å². The summed E-state index contributed by atoms with van der Waals surface area (Å²) in [5, 5.41) is 0. The van der Waals surface area contributed by atoms with Gasteiger partial charge in [-0.15, -0.1) is 11.6 Å². The molecule has 1 aromatic rings. The summed E-state index contributed by atoms with van der Waals surface area (Å²) in [5.41, 5.74) is 1.77. The van der Waals surface area contributed by atoms with Crippen LogP contribution < -0.4 is 9.04 Å². The predicted molar refractivity (Wildman–Crippen MR) is 73.2 cm³/mol. The van der Waals surface area contributed by atoms with Crippen LogP contribution in [-0.2, 0) is 16.4 Å². The highest BCUT2D eigenvalue weighted by atomic mass is 35.5. The van der Waals surface area contributed by atoms with Crippen molar-refractivity contribution in [1.29, 1.82) is 0 Å². The van der Waals surface area contributed by atoms with Crippen molar-refractivity contribution in [2.75, 3.05) is 29.6 Å². The fraction of sp³-hybridized carbons (Fsp3) is 0.500. The third kappa shape index (κ3) is 2.57. The zero-order valence-electron chi connectivity index (χ0n) is 10.2. The summed E-state index contributed by atoms with van der Waals surface area (Å²) in [7, 11) is -1.70. The molecule has 0 unspecified atom stereocenters. The van der Waals surface area contributed by atoms with E-state index in [0.29, 0.717) is 6.54 Å². The molecule has 100 valence electrons. The average molecular weight is 290 g/mol. The number of aryl methyl sites for hydroxylation is 1. The Balaban J connectivity index is 2.40. The molecule has 0 aromatic heterocycles. The van der Waals surface area contributed by atoms with E-state index in [4.69, 9.17) is 16.3 Å². The van der Waals surface area contributed by atoms with Gasteiger partial charge in [-0.25, -0.2) is 8.42 Å². The number of alkyl halides is 1. The van der Waals surface area contributed by atoms with Gasteiger partial charge in [0.2, 0.25) is 10.0 Å². The minimum Gasteiger partial charge on any atom is -0.497 e. The second-order valence-corrected chi connectivity index (χ2v) is 6.57. The van der Waals surface area contributed by atoms with E-state index in [9.17, 15) is 8.42 Å². The first-order valence-electron chi connectivity index (χ1n) is 5.82. The van der Waals surface area contributed by atoms with Crippen molar-refractivity contribution in [2.24, 2.45) is 0 Å². The van der Waals surface area contributed by atoms with E-state index in [0.717, 1.165) is 29.8 Å². The summed E-state index contributed by atoms with van der Waals surface area (Å²) in [4.78, 5) is 0. The molecule has 0 spiro atoms. The molecule has 1 heterocycles. The molecule has 0 atom stereocenters. The van der Waals surface area contributed by atoms with Crippen LogP contribution in [0, 0.1) is 0 Å². The largest absolute Gasteiger partial charge is 0.497 e. The first kappa shape index (κ1) is 13.5. The molecular formula is C12H16ClNO3S. The van der Waals surface area contributed by atoms with Crippen molar-refractivity contribution in [3.63, 3.8) is 0 Å². The molecule has 0 aliphatic carbocycles. The van der Waals surface area contributed by atoms with Gasteiger partial charge in [0, 0.05) is 12.4 Å². The summed E-state index contributed by atoms with van der Waals surface area (Å²) in [6.45, 7) is 0.526. The fourth-order valence-corrected chi connectivity index (χ4v) is 4.05. The minimum absolute atomic E-state index is 0.0278. The molecule has 2 rings (SSSR count).